The van der Waals surface area contributed by atoms with Crippen molar-refractivity contribution in [1.29, 1.82) is 0 Å². The summed E-state index contributed by atoms with van der Waals surface area (Å²) in [5.41, 5.74) is 1.21. The van der Waals surface area contributed by atoms with E-state index in [1.54, 1.807) is 7.11 Å². The van der Waals surface area contributed by atoms with Crippen LogP contribution in [0.5, 0.6) is 5.75 Å². The fourth-order valence-electron chi connectivity index (χ4n) is 1.97. The highest BCUT2D eigenvalue weighted by atomic mass is 16.5. The summed E-state index contributed by atoms with van der Waals surface area (Å²) in [6.07, 6.45) is 3.95. The van der Waals surface area contributed by atoms with E-state index in [-0.39, 0.29) is 0 Å². The number of ether oxygens (including phenoxy) is 1. The van der Waals surface area contributed by atoms with E-state index in [2.05, 4.69) is 17.0 Å². The maximum Gasteiger partial charge on any atom is 0.142 e. The van der Waals surface area contributed by atoms with Gasteiger partial charge < -0.3 is 9.64 Å². The highest BCUT2D eigenvalue weighted by molar-refractivity contribution is 5.58. The van der Waals surface area contributed by atoms with Gasteiger partial charge in [0.1, 0.15) is 5.75 Å². The molecule has 2 heteroatoms. The lowest BCUT2D eigenvalue weighted by atomic mass is 10.1. The SMILES string of the molecule is COc1c[c]ccc1N1CCCCC1. The van der Waals surface area contributed by atoms with Crippen LogP contribution in [0.1, 0.15) is 19.3 Å². The molecule has 1 aromatic carbocycles. The Hall–Kier alpha value is -1.18. The summed E-state index contributed by atoms with van der Waals surface area (Å²) in [4.78, 5) is 2.40. The van der Waals surface area contributed by atoms with Crippen molar-refractivity contribution in [2.75, 3.05) is 25.1 Å². The molecular weight excluding hydrogens is 174 g/mol. The van der Waals surface area contributed by atoms with Crippen LogP contribution in [0.15, 0.2) is 18.2 Å². The minimum atomic E-state index is 0.939. The number of benzene rings is 1. The largest absolute Gasteiger partial charge is 0.495 e. The van der Waals surface area contributed by atoms with Crippen molar-refractivity contribution < 1.29 is 4.74 Å². The van der Waals surface area contributed by atoms with Gasteiger partial charge in [-0.2, -0.15) is 0 Å². The van der Waals surface area contributed by atoms with Crippen molar-refractivity contribution in [3.05, 3.63) is 24.3 Å². The standard InChI is InChI=1S/C12H16NO/c1-14-12-8-4-3-7-11(12)13-9-5-2-6-10-13/h3,7-8H,2,5-6,9-10H2,1H3. The smallest absolute Gasteiger partial charge is 0.142 e. The number of hydrogen-bond acceptors (Lipinski definition) is 2. The van der Waals surface area contributed by atoms with Crippen LogP contribution in [0.25, 0.3) is 0 Å². The van der Waals surface area contributed by atoms with E-state index < -0.39 is 0 Å². The predicted octanol–water partition coefficient (Wildman–Crippen LogP) is 2.49. The molecule has 1 heterocycles. The molecule has 0 saturated carbocycles. The Kier molecular flexibility index (Phi) is 2.92. The molecule has 0 spiro atoms. The Morgan fingerprint density at radius 3 is 2.79 bits per heavy atom. The monoisotopic (exact) mass is 190 g/mol. The molecule has 0 unspecified atom stereocenters. The molecule has 0 aromatic heterocycles. The number of hydrogen-bond donors (Lipinski definition) is 0. The zero-order chi connectivity index (χ0) is 9.80. The topological polar surface area (TPSA) is 12.5 Å². The van der Waals surface area contributed by atoms with Gasteiger partial charge in [0.25, 0.3) is 0 Å². The third-order valence-electron chi connectivity index (χ3n) is 2.72. The van der Waals surface area contributed by atoms with Crippen molar-refractivity contribution in [2.45, 2.75) is 19.3 Å². The van der Waals surface area contributed by atoms with Crippen molar-refractivity contribution in [1.82, 2.24) is 0 Å². The van der Waals surface area contributed by atoms with Crippen molar-refractivity contribution in [2.24, 2.45) is 0 Å². The fraction of sp³-hybridized carbons (Fsp3) is 0.500. The normalized spacial score (nSPS) is 16.8. The van der Waals surface area contributed by atoms with Crippen LogP contribution in [-0.4, -0.2) is 20.2 Å². The molecule has 0 N–H and O–H groups in total. The maximum atomic E-state index is 5.33. The van der Waals surface area contributed by atoms with E-state index in [0.717, 1.165) is 18.8 Å². The number of piperidine rings is 1. The first-order valence-corrected chi connectivity index (χ1v) is 5.21. The highest BCUT2D eigenvalue weighted by Gasteiger charge is 2.13. The quantitative estimate of drug-likeness (QED) is 0.710. The number of methoxy groups -OCH3 is 1. The van der Waals surface area contributed by atoms with Crippen LogP contribution < -0.4 is 9.64 Å². The summed E-state index contributed by atoms with van der Waals surface area (Å²) >= 11 is 0. The molecule has 2 nitrogen and oxygen atoms in total. The van der Waals surface area contributed by atoms with Crippen LogP contribution in [0.2, 0.25) is 0 Å². The van der Waals surface area contributed by atoms with Gasteiger partial charge in [-0.15, -0.1) is 0 Å². The van der Waals surface area contributed by atoms with Crippen LogP contribution in [0, 0.1) is 6.07 Å². The number of nitrogens with zero attached hydrogens (tertiary/aromatic N) is 1. The Labute approximate surface area is 85.5 Å². The second-order valence-electron chi connectivity index (χ2n) is 3.65. The molecule has 2 rings (SSSR count). The predicted molar refractivity (Wildman–Crippen MR) is 57.9 cm³/mol. The lowest BCUT2D eigenvalue weighted by molar-refractivity contribution is 0.412. The summed E-state index contributed by atoms with van der Waals surface area (Å²) in [6, 6.07) is 8.98. The fourth-order valence-corrected chi connectivity index (χ4v) is 1.97. The Balaban J connectivity index is 2.20. The first-order valence-electron chi connectivity index (χ1n) is 5.21. The Bertz CT molecular complexity index is 292. The van der Waals surface area contributed by atoms with Gasteiger partial charge in [0.15, 0.2) is 0 Å². The molecule has 1 fully saturated rings. The first kappa shape index (κ1) is 9.38. The summed E-state index contributed by atoms with van der Waals surface area (Å²) in [5.74, 6) is 0.939. The Morgan fingerprint density at radius 2 is 2.07 bits per heavy atom. The Morgan fingerprint density at radius 1 is 1.29 bits per heavy atom. The molecular formula is C12H16NO. The van der Waals surface area contributed by atoms with Crippen LogP contribution in [0.3, 0.4) is 0 Å². The van der Waals surface area contributed by atoms with Gasteiger partial charge in [0.2, 0.25) is 0 Å². The average Bonchev–Trinajstić information content (AvgIpc) is 2.30. The van der Waals surface area contributed by atoms with Gasteiger partial charge in [0.05, 0.1) is 12.8 Å². The minimum absolute atomic E-state index is 0.939. The molecule has 1 aromatic rings. The molecule has 75 valence electrons. The van der Waals surface area contributed by atoms with Gasteiger partial charge >= 0.3 is 0 Å². The van der Waals surface area contributed by atoms with Crippen molar-refractivity contribution in [3.63, 3.8) is 0 Å². The van der Waals surface area contributed by atoms with Gasteiger partial charge in [-0.3, -0.25) is 0 Å². The number of rotatable bonds is 2. The summed E-state index contributed by atoms with van der Waals surface area (Å²) < 4.78 is 5.33. The van der Waals surface area contributed by atoms with E-state index in [1.165, 1.54) is 24.9 Å². The molecule has 0 aliphatic carbocycles. The lowest BCUT2D eigenvalue weighted by Crippen LogP contribution is -2.29. The zero-order valence-corrected chi connectivity index (χ0v) is 8.62. The van der Waals surface area contributed by atoms with Gasteiger partial charge in [-0.05, 0) is 37.5 Å². The third-order valence-corrected chi connectivity index (χ3v) is 2.72. The minimum Gasteiger partial charge on any atom is -0.495 e. The van der Waals surface area contributed by atoms with Crippen LogP contribution in [-0.2, 0) is 0 Å². The molecule has 1 aliphatic rings. The van der Waals surface area contributed by atoms with Gasteiger partial charge in [-0.25, -0.2) is 0 Å². The van der Waals surface area contributed by atoms with E-state index in [9.17, 15) is 0 Å². The first-order chi connectivity index (χ1) is 6.92. The van der Waals surface area contributed by atoms with E-state index in [0.29, 0.717) is 0 Å². The third kappa shape index (κ3) is 1.84. The van der Waals surface area contributed by atoms with Gasteiger partial charge in [-0.1, -0.05) is 6.07 Å². The van der Waals surface area contributed by atoms with Crippen LogP contribution in [0.4, 0.5) is 5.69 Å². The molecule has 0 amide bonds. The summed E-state index contributed by atoms with van der Waals surface area (Å²) in [6.45, 7) is 2.31. The lowest BCUT2D eigenvalue weighted by Gasteiger charge is -2.29. The van der Waals surface area contributed by atoms with Gasteiger partial charge in [0, 0.05) is 13.1 Å². The van der Waals surface area contributed by atoms with Crippen LogP contribution >= 0.6 is 0 Å². The van der Waals surface area contributed by atoms with E-state index >= 15 is 0 Å². The average molecular weight is 190 g/mol. The summed E-state index contributed by atoms with van der Waals surface area (Å²) in [7, 11) is 1.72. The van der Waals surface area contributed by atoms with Crippen molar-refractivity contribution >= 4 is 5.69 Å². The van der Waals surface area contributed by atoms with E-state index in [4.69, 9.17) is 4.74 Å². The second-order valence-corrected chi connectivity index (χ2v) is 3.65. The second kappa shape index (κ2) is 4.36. The maximum absolute atomic E-state index is 5.33. The number of anilines is 1. The van der Waals surface area contributed by atoms with Crippen molar-refractivity contribution in [3.8, 4) is 5.75 Å². The molecule has 14 heavy (non-hydrogen) atoms. The van der Waals surface area contributed by atoms with E-state index in [1.807, 2.05) is 12.1 Å². The molecule has 1 radical (unpaired) electrons. The zero-order valence-electron chi connectivity index (χ0n) is 8.62. The molecule has 0 atom stereocenters. The molecule has 1 aliphatic heterocycles. The summed E-state index contributed by atoms with van der Waals surface area (Å²) in [5, 5.41) is 0. The molecule has 0 bridgehead atoms. The highest BCUT2D eigenvalue weighted by Crippen LogP contribution is 2.29. The molecule has 1 saturated heterocycles.